The molecule has 0 saturated carbocycles. The Morgan fingerprint density at radius 2 is 2.24 bits per heavy atom. The van der Waals surface area contributed by atoms with Crippen LogP contribution in [0.25, 0.3) is 0 Å². The molecule has 0 bridgehead atoms. The SMILES string of the molecule is CS(=O)(=O)N1CCCC(CC(N)c2cccc(Br)c2Cl)C1. The van der Waals surface area contributed by atoms with Crippen LogP contribution in [-0.4, -0.2) is 32.1 Å². The fourth-order valence-electron chi connectivity index (χ4n) is 2.81. The fraction of sp³-hybridized carbons (Fsp3) is 0.571. The second kappa shape index (κ2) is 6.96. The highest BCUT2D eigenvalue weighted by Crippen LogP contribution is 2.33. The molecule has 2 unspecified atom stereocenters. The first-order valence-electron chi connectivity index (χ1n) is 6.93. The summed E-state index contributed by atoms with van der Waals surface area (Å²) in [4.78, 5) is 0. The van der Waals surface area contributed by atoms with E-state index in [0.717, 1.165) is 29.3 Å². The molecular formula is C14H20BrClN2O2S. The summed E-state index contributed by atoms with van der Waals surface area (Å²) in [7, 11) is -3.12. The fourth-order valence-corrected chi connectivity index (χ4v) is 4.40. The Balaban J connectivity index is 2.06. The van der Waals surface area contributed by atoms with Crippen LogP contribution in [0, 0.1) is 5.92 Å². The third-order valence-electron chi connectivity index (χ3n) is 3.92. The Morgan fingerprint density at radius 3 is 2.90 bits per heavy atom. The monoisotopic (exact) mass is 394 g/mol. The van der Waals surface area contributed by atoms with E-state index >= 15 is 0 Å². The van der Waals surface area contributed by atoms with Crippen molar-refractivity contribution >= 4 is 37.6 Å². The van der Waals surface area contributed by atoms with E-state index in [1.54, 1.807) is 4.31 Å². The molecule has 0 amide bonds. The molecule has 7 heteroatoms. The minimum Gasteiger partial charge on any atom is -0.324 e. The summed E-state index contributed by atoms with van der Waals surface area (Å²) in [5.74, 6) is 0.276. The maximum Gasteiger partial charge on any atom is 0.211 e. The molecule has 1 heterocycles. The van der Waals surface area contributed by atoms with Crippen LogP contribution in [0.4, 0.5) is 0 Å². The molecular weight excluding hydrogens is 376 g/mol. The highest BCUT2D eigenvalue weighted by molar-refractivity contribution is 9.10. The van der Waals surface area contributed by atoms with Crippen molar-refractivity contribution in [2.75, 3.05) is 19.3 Å². The molecule has 1 aliphatic heterocycles. The van der Waals surface area contributed by atoms with Gasteiger partial charge in [-0.3, -0.25) is 0 Å². The van der Waals surface area contributed by atoms with Crippen molar-refractivity contribution in [2.45, 2.75) is 25.3 Å². The minimum absolute atomic E-state index is 0.181. The molecule has 1 saturated heterocycles. The van der Waals surface area contributed by atoms with Gasteiger partial charge in [-0.15, -0.1) is 0 Å². The van der Waals surface area contributed by atoms with Crippen molar-refractivity contribution in [1.82, 2.24) is 4.31 Å². The van der Waals surface area contributed by atoms with Crippen molar-refractivity contribution in [1.29, 1.82) is 0 Å². The van der Waals surface area contributed by atoms with Gasteiger partial charge in [0.05, 0.1) is 11.3 Å². The van der Waals surface area contributed by atoms with Crippen molar-refractivity contribution in [2.24, 2.45) is 11.7 Å². The van der Waals surface area contributed by atoms with Gasteiger partial charge >= 0.3 is 0 Å². The molecule has 0 aromatic heterocycles. The van der Waals surface area contributed by atoms with Crippen molar-refractivity contribution < 1.29 is 8.42 Å². The molecule has 0 spiro atoms. The Labute approximate surface area is 139 Å². The van der Waals surface area contributed by atoms with Crippen molar-refractivity contribution in [3.63, 3.8) is 0 Å². The van der Waals surface area contributed by atoms with Crippen LogP contribution in [0.15, 0.2) is 22.7 Å². The van der Waals surface area contributed by atoms with Gasteiger partial charge in [-0.05, 0) is 52.7 Å². The second-order valence-corrected chi connectivity index (χ2v) is 8.83. The number of sulfonamides is 1. The number of hydrogen-bond donors (Lipinski definition) is 1. The first-order chi connectivity index (χ1) is 9.79. The van der Waals surface area contributed by atoms with Crippen LogP contribution in [-0.2, 0) is 10.0 Å². The summed E-state index contributed by atoms with van der Waals surface area (Å²) in [6.45, 7) is 1.17. The maximum atomic E-state index is 11.7. The normalized spacial score (nSPS) is 22.2. The average Bonchev–Trinajstić information content (AvgIpc) is 2.41. The van der Waals surface area contributed by atoms with Gasteiger partial charge in [-0.2, -0.15) is 0 Å². The number of piperidine rings is 1. The summed E-state index contributed by atoms with van der Waals surface area (Å²) in [6.07, 6.45) is 3.89. The summed E-state index contributed by atoms with van der Waals surface area (Å²) >= 11 is 9.67. The quantitative estimate of drug-likeness (QED) is 0.851. The Morgan fingerprint density at radius 1 is 1.52 bits per heavy atom. The van der Waals surface area contributed by atoms with Gasteiger partial charge in [0.25, 0.3) is 0 Å². The smallest absolute Gasteiger partial charge is 0.211 e. The van der Waals surface area contributed by atoms with E-state index < -0.39 is 10.0 Å². The minimum atomic E-state index is -3.12. The highest BCUT2D eigenvalue weighted by Gasteiger charge is 2.27. The van der Waals surface area contributed by atoms with E-state index in [9.17, 15) is 8.42 Å². The van der Waals surface area contributed by atoms with Crippen LogP contribution in [0.2, 0.25) is 5.02 Å². The third kappa shape index (κ3) is 4.42. The third-order valence-corrected chi connectivity index (χ3v) is 6.50. The van der Waals surface area contributed by atoms with Gasteiger partial charge in [-0.25, -0.2) is 12.7 Å². The first-order valence-corrected chi connectivity index (χ1v) is 9.95. The lowest BCUT2D eigenvalue weighted by molar-refractivity contribution is 0.247. The Hall–Kier alpha value is -0.140. The number of rotatable bonds is 4. The van der Waals surface area contributed by atoms with Gasteiger partial charge in [0.1, 0.15) is 0 Å². The van der Waals surface area contributed by atoms with E-state index in [4.69, 9.17) is 17.3 Å². The van der Waals surface area contributed by atoms with Gasteiger partial charge in [-0.1, -0.05) is 23.7 Å². The lowest BCUT2D eigenvalue weighted by atomic mass is 9.90. The molecule has 0 aliphatic carbocycles. The van der Waals surface area contributed by atoms with Crippen molar-refractivity contribution in [3.05, 3.63) is 33.3 Å². The maximum absolute atomic E-state index is 11.7. The Kier molecular flexibility index (Phi) is 5.71. The largest absolute Gasteiger partial charge is 0.324 e. The predicted molar refractivity (Wildman–Crippen MR) is 89.8 cm³/mol. The van der Waals surface area contributed by atoms with Gasteiger partial charge in [0, 0.05) is 23.6 Å². The predicted octanol–water partition coefficient (Wildman–Crippen LogP) is 3.16. The number of benzene rings is 1. The van der Waals surface area contributed by atoms with Crippen LogP contribution >= 0.6 is 27.5 Å². The van der Waals surface area contributed by atoms with E-state index in [1.165, 1.54) is 6.26 Å². The van der Waals surface area contributed by atoms with E-state index in [1.807, 2.05) is 18.2 Å². The van der Waals surface area contributed by atoms with Gasteiger partial charge in [0.2, 0.25) is 10.0 Å². The first kappa shape index (κ1) is 17.2. The van der Waals surface area contributed by atoms with Crippen LogP contribution < -0.4 is 5.73 Å². The molecule has 1 aromatic rings. The molecule has 0 radical (unpaired) electrons. The lowest BCUT2D eigenvalue weighted by Crippen LogP contribution is -2.40. The van der Waals surface area contributed by atoms with Gasteiger partial charge < -0.3 is 5.73 Å². The van der Waals surface area contributed by atoms with Crippen LogP contribution in [0.1, 0.15) is 30.9 Å². The topological polar surface area (TPSA) is 63.4 Å². The van der Waals surface area contributed by atoms with Crippen LogP contribution in [0.3, 0.4) is 0 Å². The number of nitrogens with zero attached hydrogens (tertiary/aromatic N) is 1. The zero-order valence-electron chi connectivity index (χ0n) is 11.9. The Bertz CT molecular complexity index is 609. The molecule has 118 valence electrons. The zero-order valence-corrected chi connectivity index (χ0v) is 15.1. The summed E-state index contributed by atoms with van der Waals surface area (Å²) in [5.41, 5.74) is 7.18. The molecule has 2 rings (SSSR count). The van der Waals surface area contributed by atoms with E-state index in [-0.39, 0.29) is 12.0 Å². The molecule has 2 N–H and O–H groups in total. The summed E-state index contributed by atoms with van der Waals surface area (Å²) < 4.78 is 25.7. The lowest BCUT2D eigenvalue weighted by Gasteiger charge is -2.32. The van der Waals surface area contributed by atoms with Gasteiger partial charge in [0.15, 0.2) is 0 Å². The summed E-state index contributed by atoms with van der Waals surface area (Å²) in [6, 6.07) is 5.54. The number of nitrogens with two attached hydrogens (primary N) is 1. The number of hydrogen-bond acceptors (Lipinski definition) is 3. The average molecular weight is 396 g/mol. The zero-order chi connectivity index (χ0) is 15.6. The molecule has 1 aliphatic rings. The molecule has 1 fully saturated rings. The number of halogens is 2. The highest BCUT2D eigenvalue weighted by atomic mass is 79.9. The molecule has 1 aromatic carbocycles. The van der Waals surface area contributed by atoms with E-state index in [2.05, 4.69) is 15.9 Å². The van der Waals surface area contributed by atoms with Crippen LogP contribution in [0.5, 0.6) is 0 Å². The molecule has 2 atom stereocenters. The van der Waals surface area contributed by atoms with Crippen molar-refractivity contribution in [3.8, 4) is 0 Å². The standard InChI is InChI=1S/C14H20BrClN2O2S/c1-21(19,20)18-7-3-4-10(9-18)8-13(17)11-5-2-6-12(15)14(11)16/h2,5-6,10,13H,3-4,7-9,17H2,1H3. The second-order valence-electron chi connectivity index (χ2n) is 5.61. The molecule has 21 heavy (non-hydrogen) atoms. The van der Waals surface area contributed by atoms with E-state index in [0.29, 0.717) is 18.1 Å². The molecule has 4 nitrogen and oxygen atoms in total. The summed E-state index contributed by atoms with van der Waals surface area (Å²) in [5, 5.41) is 0.640.